The average Bonchev–Trinajstić information content (AvgIpc) is 2.47. The Balaban J connectivity index is 2.03. The van der Waals surface area contributed by atoms with Crippen molar-refractivity contribution in [3.8, 4) is 0 Å². The van der Waals surface area contributed by atoms with Gasteiger partial charge in [-0.25, -0.2) is 0 Å². The van der Waals surface area contributed by atoms with Crippen LogP contribution in [0.2, 0.25) is 0 Å². The van der Waals surface area contributed by atoms with Gasteiger partial charge in [0.25, 0.3) is 0 Å². The van der Waals surface area contributed by atoms with Gasteiger partial charge < -0.3 is 15.4 Å². The topological polar surface area (TPSA) is 55.6 Å². The van der Waals surface area contributed by atoms with Crippen LogP contribution in [0.3, 0.4) is 0 Å². The summed E-state index contributed by atoms with van der Waals surface area (Å²) in [6, 6.07) is 7.62. The minimum absolute atomic E-state index is 0.0372. The monoisotopic (exact) mass is 340 g/mol. The molecular formula is C15H21BrN2O2. The Morgan fingerprint density at radius 1 is 1.60 bits per heavy atom. The fourth-order valence-corrected chi connectivity index (χ4v) is 2.84. The number of morpholine rings is 1. The van der Waals surface area contributed by atoms with Gasteiger partial charge in [-0.1, -0.05) is 41.4 Å². The van der Waals surface area contributed by atoms with E-state index in [0.717, 1.165) is 22.9 Å². The van der Waals surface area contributed by atoms with Crippen LogP contribution in [0, 0.1) is 0 Å². The number of hydrogen-bond acceptors (Lipinski definition) is 3. The summed E-state index contributed by atoms with van der Waals surface area (Å²) in [5, 5.41) is 0. The van der Waals surface area contributed by atoms with E-state index in [0.29, 0.717) is 19.7 Å². The molecule has 2 N–H and O–H groups in total. The van der Waals surface area contributed by atoms with Crippen molar-refractivity contribution in [2.45, 2.75) is 31.9 Å². The van der Waals surface area contributed by atoms with Crippen molar-refractivity contribution in [2.75, 3.05) is 19.7 Å². The maximum atomic E-state index is 12.3. The van der Waals surface area contributed by atoms with Gasteiger partial charge in [0.2, 0.25) is 5.91 Å². The SMILES string of the molecule is CCC[C@H](N)C(=O)N1CCO[C@H](c2cccc(Br)c2)C1. The van der Waals surface area contributed by atoms with Gasteiger partial charge in [0, 0.05) is 11.0 Å². The molecule has 1 aliphatic heterocycles. The number of amides is 1. The first-order chi connectivity index (χ1) is 9.61. The van der Waals surface area contributed by atoms with Gasteiger partial charge in [-0.2, -0.15) is 0 Å². The molecule has 1 aliphatic rings. The number of carbonyl (C=O) groups is 1. The molecule has 110 valence electrons. The summed E-state index contributed by atoms with van der Waals surface area (Å²) in [7, 11) is 0. The summed E-state index contributed by atoms with van der Waals surface area (Å²) in [6.07, 6.45) is 1.59. The minimum Gasteiger partial charge on any atom is -0.370 e. The Labute approximate surface area is 128 Å². The van der Waals surface area contributed by atoms with Crippen molar-refractivity contribution < 1.29 is 9.53 Å². The highest BCUT2D eigenvalue weighted by Crippen LogP contribution is 2.25. The molecule has 1 saturated heterocycles. The third-order valence-electron chi connectivity index (χ3n) is 3.52. The van der Waals surface area contributed by atoms with E-state index in [1.807, 2.05) is 36.1 Å². The van der Waals surface area contributed by atoms with E-state index in [2.05, 4.69) is 15.9 Å². The smallest absolute Gasteiger partial charge is 0.239 e. The highest BCUT2D eigenvalue weighted by molar-refractivity contribution is 9.10. The van der Waals surface area contributed by atoms with Gasteiger partial charge in [0.1, 0.15) is 6.10 Å². The maximum absolute atomic E-state index is 12.3. The van der Waals surface area contributed by atoms with E-state index in [-0.39, 0.29) is 18.1 Å². The minimum atomic E-state index is -0.388. The predicted octanol–water partition coefficient (Wildman–Crippen LogP) is 2.48. The number of halogens is 1. The Morgan fingerprint density at radius 3 is 3.10 bits per heavy atom. The van der Waals surface area contributed by atoms with Crippen molar-refractivity contribution in [1.29, 1.82) is 0 Å². The van der Waals surface area contributed by atoms with Crippen LogP contribution in [0.1, 0.15) is 31.4 Å². The normalized spacial score (nSPS) is 20.8. The van der Waals surface area contributed by atoms with Crippen LogP contribution in [0.4, 0.5) is 0 Å². The van der Waals surface area contributed by atoms with Crippen molar-refractivity contribution in [3.63, 3.8) is 0 Å². The second-order valence-electron chi connectivity index (χ2n) is 5.09. The lowest BCUT2D eigenvalue weighted by molar-refractivity contribution is -0.140. The number of hydrogen-bond donors (Lipinski definition) is 1. The Kier molecular flexibility index (Phi) is 5.57. The molecule has 2 atom stereocenters. The van der Waals surface area contributed by atoms with Crippen LogP contribution >= 0.6 is 15.9 Å². The zero-order chi connectivity index (χ0) is 14.5. The van der Waals surface area contributed by atoms with Crippen LogP contribution < -0.4 is 5.73 Å². The fourth-order valence-electron chi connectivity index (χ4n) is 2.43. The number of nitrogens with two attached hydrogens (primary N) is 1. The van der Waals surface area contributed by atoms with Crippen LogP contribution in [0.5, 0.6) is 0 Å². The highest BCUT2D eigenvalue weighted by Gasteiger charge is 2.28. The summed E-state index contributed by atoms with van der Waals surface area (Å²) in [5.74, 6) is 0.0372. The lowest BCUT2D eigenvalue weighted by Gasteiger charge is -2.34. The molecule has 0 unspecified atom stereocenters. The molecule has 4 nitrogen and oxygen atoms in total. The quantitative estimate of drug-likeness (QED) is 0.915. The third-order valence-corrected chi connectivity index (χ3v) is 4.01. The summed E-state index contributed by atoms with van der Waals surface area (Å²) in [4.78, 5) is 14.1. The Hall–Kier alpha value is -0.910. The van der Waals surface area contributed by atoms with E-state index in [1.54, 1.807) is 0 Å². The summed E-state index contributed by atoms with van der Waals surface area (Å²) >= 11 is 3.46. The first-order valence-corrected chi connectivity index (χ1v) is 7.82. The molecule has 20 heavy (non-hydrogen) atoms. The number of nitrogens with zero attached hydrogens (tertiary/aromatic N) is 1. The second-order valence-corrected chi connectivity index (χ2v) is 6.01. The summed E-state index contributed by atoms with van der Waals surface area (Å²) in [6.45, 7) is 3.80. The van der Waals surface area contributed by atoms with Gasteiger partial charge in [0.05, 0.1) is 19.2 Å². The molecule has 1 aromatic carbocycles. The predicted molar refractivity (Wildman–Crippen MR) is 82.3 cm³/mol. The fraction of sp³-hybridized carbons (Fsp3) is 0.533. The van der Waals surface area contributed by atoms with Crippen molar-refractivity contribution in [2.24, 2.45) is 5.73 Å². The van der Waals surface area contributed by atoms with Gasteiger partial charge in [0.15, 0.2) is 0 Å². The summed E-state index contributed by atoms with van der Waals surface area (Å²) < 4.78 is 6.80. The molecule has 1 amide bonds. The van der Waals surface area contributed by atoms with E-state index in [9.17, 15) is 4.79 Å². The van der Waals surface area contributed by atoms with E-state index < -0.39 is 0 Å². The Morgan fingerprint density at radius 2 is 2.40 bits per heavy atom. The summed E-state index contributed by atoms with van der Waals surface area (Å²) in [5.41, 5.74) is 7.01. The lowest BCUT2D eigenvalue weighted by atomic mass is 10.1. The maximum Gasteiger partial charge on any atom is 0.239 e. The molecule has 1 aromatic rings. The number of benzene rings is 1. The van der Waals surface area contributed by atoms with Crippen LogP contribution in [-0.4, -0.2) is 36.5 Å². The molecule has 5 heteroatoms. The third kappa shape index (κ3) is 3.81. The van der Waals surface area contributed by atoms with E-state index in [1.165, 1.54) is 0 Å². The molecule has 0 spiro atoms. The molecule has 0 aliphatic carbocycles. The molecule has 1 heterocycles. The zero-order valence-electron chi connectivity index (χ0n) is 11.7. The standard InChI is InChI=1S/C15H21BrN2O2/c1-2-4-13(17)15(19)18-7-8-20-14(10-18)11-5-3-6-12(16)9-11/h3,5-6,9,13-14H,2,4,7-8,10,17H2,1H3/t13-,14-/m0/s1. The molecule has 1 fully saturated rings. The largest absolute Gasteiger partial charge is 0.370 e. The Bertz CT molecular complexity index is 467. The number of rotatable bonds is 4. The second kappa shape index (κ2) is 7.20. The van der Waals surface area contributed by atoms with Gasteiger partial charge in [-0.15, -0.1) is 0 Å². The van der Waals surface area contributed by atoms with Crippen molar-refractivity contribution in [3.05, 3.63) is 34.3 Å². The van der Waals surface area contributed by atoms with Gasteiger partial charge >= 0.3 is 0 Å². The highest BCUT2D eigenvalue weighted by atomic mass is 79.9. The zero-order valence-corrected chi connectivity index (χ0v) is 13.3. The number of carbonyl (C=O) groups excluding carboxylic acids is 1. The van der Waals surface area contributed by atoms with E-state index >= 15 is 0 Å². The molecular weight excluding hydrogens is 320 g/mol. The molecule has 0 saturated carbocycles. The van der Waals surface area contributed by atoms with Gasteiger partial charge in [-0.3, -0.25) is 4.79 Å². The van der Waals surface area contributed by atoms with Crippen molar-refractivity contribution in [1.82, 2.24) is 4.90 Å². The molecule has 0 radical (unpaired) electrons. The number of ether oxygens (including phenoxy) is 1. The first-order valence-electron chi connectivity index (χ1n) is 7.03. The van der Waals surface area contributed by atoms with Crippen LogP contribution in [0.25, 0.3) is 0 Å². The molecule has 0 bridgehead atoms. The van der Waals surface area contributed by atoms with E-state index in [4.69, 9.17) is 10.5 Å². The molecule has 2 rings (SSSR count). The average molecular weight is 341 g/mol. The molecule has 0 aromatic heterocycles. The van der Waals surface area contributed by atoms with Crippen LogP contribution in [0.15, 0.2) is 28.7 Å². The van der Waals surface area contributed by atoms with Crippen LogP contribution in [-0.2, 0) is 9.53 Å². The lowest BCUT2D eigenvalue weighted by Crippen LogP contribution is -2.49. The van der Waals surface area contributed by atoms with Crippen molar-refractivity contribution >= 4 is 21.8 Å². The first kappa shape index (κ1) is 15.5. The van der Waals surface area contributed by atoms with Gasteiger partial charge in [-0.05, 0) is 24.1 Å².